The van der Waals surface area contributed by atoms with Crippen LogP contribution in [0.25, 0.3) is 0 Å². The summed E-state index contributed by atoms with van der Waals surface area (Å²) in [4.78, 5) is 13.8. The molecule has 4 rings (SSSR count). The van der Waals surface area contributed by atoms with E-state index in [4.69, 9.17) is 10.5 Å². The molecule has 0 atom stereocenters. The molecule has 0 saturated carbocycles. The van der Waals surface area contributed by atoms with Gasteiger partial charge in [0.2, 0.25) is 0 Å². The van der Waals surface area contributed by atoms with Gasteiger partial charge in [-0.15, -0.1) is 0 Å². The van der Waals surface area contributed by atoms with E-state index in [-0.39, 0.29) is 0 Å². The molecule has 0 bridgehead atoms. The van der Waals surface area contributed by atoms with Crippen LogP contribution in [0.4, 0.5) is 11.6 Å². The molecular weight excluding hydrogens is 350 g/mol. The first-order chi connectivity index (χ1) is 13.7. The Morgan fingerprint density at radius 1 is 1.00 bits per heavy atom. The Morgan fingerprint density at radius 2 is 1.71 bits per heavy atom. The van der Waals surface area contributed by atoms with E-state index in [1.54, 1.807) is 0 Å². The number of nitrogen functional groups attached to an aromatic ring is 1. The molecule has 0 unspecified atom stereocenters. The zero-order chi connectivity index (χ0) is 19.3. The SMILES string of the molecule is CCCCOc1nc(N)c2c(n1)N(Cc1ccc(CN3CCCC3)cc1)CC2. The van der Waals surface area contributed by atoms with Gasteiger partial charge in [0.25, 0.3) is 0 Å². The number of nitrogens with zero attached hydrogens (tertiary/aromatic N) is 4. The van der Waals surface area contributed by atoms with Crippen molar-refractivity contribution in [1.29, 1.82) is 0 Å². The van der Waals surface area contributed by atoms with Crippen molar-refractivity contribution in [2.24, 2.45) is 0 Å². The second kappa shape index (κ2) is 8.78. The molecule has 6 heteroatoms. The first-order valence-corrected chi connectivity index (χ1v) is 10.6. The number of nitrogens with two attached hydrogens (primary N) is 1. The van der Waals surface area contributed by atoms with Crippen molar-refractivity contribution in [2.75, 3.05) is 36.9 Å². The molecule has 150 valence electrons. The van der Waals surface area contributed by atoms with Crippen LogP contribution < -0.4 is 15.4 Å². The average molecular weight is 382 g/mol. The van der Waals surface area contributed by atoms with E-state index in [1.807, 2.05) is 0 Å². The molecule has 0 spiro atoms. The number of likely N-dealkylation sites (tertiary alicyclic amines) is 1. The first-order valence-electron chi connectivity index (χ1n) is 10.6. The zero-order valence-corrected chi connectivity index (χ0v) is 16.9. The summed E-state index contributed by atoms with van der Waals surface area (Å²) >= 11 is 0. The number of unbranched alkanes of at least 4 members (excludes halogenated alkanes) is 1. The average Bonchev–Trinajstić information content (AvgIpc) is 3.34. The lowest BCUT2D eigenvalue weighted by atomic mass is 10.1. The van der Waals surface area contributed by atoms with E-state index in [2.05, 4.69) is 51.0 Å². The van der Waals surface area contributed by atoms with Crippen molar-refractivity contribution < 1.29 is 4.74 Å². The van der Waals surface area contributed by atoms with Crippen LogP contribution in [0.2, 0.25) is 0 Å². The fourth-order valence-corrected chi connectivity index (χ4v) is 4.02. The van der Waals surface area contributed by atoms with Crippen LogP contribution in [-0.4, -0.2) is 41.1 Å². The van der Waals surface area contributed by atoms with Crippen LogP contribution in [0.5, 0.6) is 6.01 Å². The molecule has 2 aliphatic rings. The summed E-state index contributed by atoms with van der Waals surface area (Å²) in [6.07, 6.45) is 5.64. The zero-order valence-electron chi connectivity index (χ0n) is 16.9. The van der Waals surface area contributed by atoms with Gasteiger partial charge in [-0.1, -0.05) is 37.6 Å². The summed E-state index contributed by atoms with van der Waals surface area (Å²) in [5.74, 6) is 1.49. The van der Waals surface area contributed by atoms with E-state index >= 15 is 0 Å². The van der Waals surface area contributed by atoms with Crippen LogP contribution in [0.3, 0.4) is 0 Å². The number of fused-ring (bicyclic) bond motifs is 1. The summed E-state index contributed by atoms with van der Waals surface area (Å²) in [7, 11) is 0. The van der Waals surface area contributed by atoms with E-state index in [9.17, 15) is 0 Å². The number of aromatic nitrogens is 2. The summed E-state index contributed by atoms with van der Waals surface area (Å²) in [6.45, 7) is 8.05. The van der Waals surface area contributed by atoms with Crippen LogP contribution in [0.1, 0.15) is 49.3 Å². The highest BCUT2D eigenvalue weighted by atomic mass is 16.5. The number of ether oxygens (including phenoxy) is 1. The smallest absolute Gasteiger partial charge is 0.320 e. The van der Waals surface area contributed by atoms with E-state index < -0.39 is 0 Å². The molecule has 0 amide bonds. The fraction of sp³-hybridized carbons (Fsp3) is 0.545. The molecule has 1 saturated heterocycles. The summed E-state index contributed by atoms with van der Waals surface area (Å²) in [5.41, 5.74) is 9.91. The minimum atomic E-state index is 0.401. The van der Waals surface area contributed by atoms with Gasteiger partial charge in [-0.25, -0.2) is 0 Å². The van der Waals surface area contributed by atoms with Crippen LogP contribution in [-0.2, 0) is 19.5 Å². The minimum Gasteiger partial charge on any atom is -0.463 e. The molecule has 1 aromatic carbocycles. The van der Waals surface area contributed by atoms with Gasteiger partial charge in [0.15, 0.2) is 0 Å². The summed E-state index contributed by atoms with van der Waals surface area (Å²) in [6, 6.07) is 9.41. The standard InChI is InChI=1S/C22H31N5O/c1-2-3-14-28-22-24-20(23)19-10-13-27(21(19)25-22)16-18-8-6-17(7-9-18)15-26-11-4-5-12-26/h6-9H,2-5,10-16H2,1H3,(H2,23,24,25). The number of hydrogen-bond donors (Lipinski definition) is 1. The lowest BCUT2D eigenvalue weighted by molar-refractivity contribution is 0.286. The first kappa shape index (κ1) is 19.0. The highest BCUT2D eigenvalue weighted by Crippen LogP contribution is 2.32. The molecule has 2 aliphatic heterocycles. The molecule has 6 nitrogen and oxygen atoms in total. The van der Waals surface area contributed by atoms with Crippen LogP contribution >= 0.6 is 0 Å². The van der Waals surface area contributed by atoms with Gasteiger partial charge >= 0.3 is 6.01 Å². The Morgan fingerprint density at radius 3 is 2.43 bits per heavy atom. The van der Waals surface area contributed by atoms with Gasteiger partial charge in [-0.2, -0.15) is 9.97 Å². The lowest BCUT2D eigenvalue weighted by Crippen LogP contribution is -2.21. The second-order valence-corrected chi connectivity index (χ2v) is 7.87. The third-order valence-corrected chi connectivity index (χ3v) is 5.66. The van der Waals surface area contributed by atoms with Crippen molar-refractivity contribution in [1.82, 2.24) is 14.9 Å². The monoisotopic (exact) mass is 381 g/mol. The van der Waals surface area contributed by atoms with Crippen molar-refractivity contribution in [2.45, 2.75) is 52.1 Å². The predicted molar refractivity (Wildman–Crippen MR) is 113 cm³/mol. The summed E-state index contributed by atoms with van der Waals surface area (Å²) in [5, 5.41) is 0. The quantitative estimate of drug-likeness (QED) is 0.707. The molecule has 0 radical (unpaired) electrons. The molecule has 1 fully saturated rings. The molecule has 1 aromatic heterocycles. The normalized spacial score (nSPS) is 16.5. The summed E-state index contributed by atoms with van der Waals surface area (Å²) < 4.78 is 5.70. The van der Waals surface area contributed by atoms with Crippen molar-refractivity contribution >= 4 is 11.6 Å². The highest BCUT2D eigenvalue weighted by Gasteiger charge is 2.25. The minimum absolute atomic E-state index is 0.401. The van der Waals surface area contributed by atoms with Gasteiger partial charge in [-0.05, 0) is 49.9 Å². The van der Waals surface area contributed by atoms with E-state index in [0.717, 1.165) is 50.3 Å². The number of rotatable bonds is 8. The maximum absolute atomic E-state index is 6.17. The van der Waals surface area contributed by atoms with Gasteiger partial charge in [0, 0.05) is 25.2 Å². The van der Waals surface area contributed by atoms with Crippen molar-refractivity contribution in [3.05, 3.63) is 41.0 Å². The molecule has 28 heavy (non-hydrogen) atoms. The number of benzene rings is 1. The Balaban J connectivity index is 1.42. The number of hydrogen-bond acceptors (Lipinski definition) is 6. The highest BCUT2D eigenvalue weighted by molar-refractivity contribution is 5.62. The van der Waals surface area contributed by atoms with E-state index in [1.165, 1.54) is 37.1 Å². The van der Waals surface area contributed by atoms with Gasteiger partial charge in [0.05, 0.1) is 6.61 Å². The fourth-order valence-electron chi connectivity index (χ4n) is 4.02. The lowest BCUT2D eigenvalue weighted by Gasteiger charge is -2.20. The molecule has 2 aromatic rings. The molecule has 0 aliphatic carbocycles. The third kappa shape index (κ3) is 4.38. The van der Waals surface area contributed by atoms with E-state index in [0.29, 0.717) is 18.4 Å². The molecular formula is C22H31N5O. The van der Waals surface area contributed by atoms with Crippen molar-refractivity contribution in [3.8, 4) is 6.01 Å². The second-order valence-electron chi connectivity index (χ2n) is 7.87. The van der Waals surface area contributed by atoms with Crippen LogP contribution in [0, 0.1) is 0 Å². The third-order valence-electron chi connectivity index (χ3n) is 5.66. The maximum atomic E-state index is 6.17. The van der Waals surface area contributed by atoms with Gasteiger partial charge in [-0.3, -0.25) is 4.90 Å². The number of anilines is 2. The molecule has 3 heterocycles. The molecule has 2 N–H and O–H groups in total. The Hall–Kier alpha value is -2.34. The van der Waals surface area contributed by atoms with Crippen molar-refractivity contribution in [3.63, 3.8) is 0 Å². The maximum Gasteiger partial charge on any atom is 0.320 e. The van der Waals surface area contributed by atoms with Gasteiger partial charge in [0.1, 0.15) is 11.6 Å². The topological polar surface area (TPSA) is 67.5 Å². The van der Waals surface area contributed by atoms with Crippen LogP contribution in [0.15, 0.2) is 24.3 Å². The Labute approximate surface area is 167 Å². The Kier molecular flexibility index (Phi) is 5.95. The predicted octanol–water partition coefficient (Wildman–Crippen LogP) is 3.40. The largest absolute Gasteiger partial charge is 0.463 e. The van der Waals surface area contributed by atoms with Gasteiger partial charge < -0.3 is 15.4 Å². The Bertz CT molecular complexity index is 786.